The lowest BCUT2D eigenvalue weighted by Gasteiger charge is -2.16. The van der Waals surface area contributed by atoms with Crippen molar-refractivity contribution in [3.63, 3.8) is 0 Å². The van der Waals surface area contributed by atoms with Crippen molar-refractivity contribution < 1.29 is 13.9 Å². The Morgan fingerprint density at radius 1 is 1.17 bits per heavy atom. The Morgan fingerprint density at radius 2 is 1.86 bits per heavy atom. The number of carbonyl (C=O) groups excluding carboxylic acids is 1. The number of hydrogen-bond acceptors (Lipinski definition) is 3. The van der Waals surface area contributed by atoms with Gasteiger partial charge in [0, 0.05) is 24.9 Å². The third-order valence-electron chi connectivity index (χ3n) is 4.79. The summed E-state index contributed by atoms with van der Waals surface area (Å²) in [7, 11) is 1.65. The summed E-state index contributed by atoms with van der Waals surface area (Å²) < 4.78 is 20.1. The number of aromatic nitrogens is 2. The second kappa shape index (κ2) is 9.34. The lowest BCUT2D eigenvalue weighted by Crippen LogP contribution is -2.37. The number of nitrogens with one attached hydrogen (secondary N) is 2. The highest BCUT2D eigenvalue weighted by molar-refractivity contribution is 5.74. The van der Waals surface area contributed by atoms with E-state index in [0.717, 1.165) is 28.1 Å². The summed E-state index contributed by atoms with van der Waals surface area (Å²) in [6.45, 7) is 4.73. The zero-order valence-electron chi connectivity index (χ0n) is 16.8. The van der Waals surface area contributed by atoms with Gasteiger partial charge in [-0.2, -0.15) is 5.10 Å². The fourth-order valence-corrected chi connectivity index (χ4v) is 3.22. The molecule has 0 radical (unpaired) electrons. The highest BCUT2D eigenvalue weighted by atomic mass is 19.1. The summed E-state index contributed by atoms with van der Waals surface area (Å²) >= 11 is 0. The zero-order valence-corrected chi connectivity index (χ0v) is 16.8. The average molecular weight is 396 g/mol. The SMILES string of the molecule is COCc1ccccc1CNC(=O)NC(C)c1cnn(-c2ccc(F)cc2)c1C. The molecule has 2 N–H and O–H groups in total. The van der Waals surface area contributed by atoms with Crippen LogP contribution >= 0.6 is 0 Å². The average Bonchev–Trinajstić information content (AvgIpc) is 3.09. The number of ether oxygens (including phenoxy) is 1. The Balaban J connectivity index is 1.62. The van der Waals surface area contributed by atoms with Gasteiger partial charge in [0.05, 0.1) is 24.5 Å². The maximum Gasteiger partial charge on any atom is 0.315 e. The van der Waals surface area contributed by atoms with E-state index in [1.165, 1.54) is 12.1 Å². The van der Waals surface area contributed by atoms with Crippen LogP contribution in [0.2, 0.25) is 0 Å². The molecule has 3 aromatic rings. The van der Waals surface area contributed by atoms with Gasteiger partial charge in [0.15, 0.2) is 0 Å². The smallest absolute Gasteiger partial charge is 0.315 e. The van der Waals surface area contributed by atoms with E-state index in [0.29, 0.717) is 13.2 Å². The summed E-state index contributed by atoms with van der Waals surface area (Å²) in [6.07, 6.45) is 1.72. The maximum atomic E-state index is 13.2. The summed E-state index contributed by atoms with van der Waals surface area (Å²) in [5, 5.41) is 10.2. The van der Waals surface area contributed by atoms with E-state index in [9.17, 15) is 9.18 Å². The van der Waals surface area contributed by atoms with Gasteiger partial charge >= 0.3 is 6.03 Å². The topological polar surface area (TPSA) is 68.2 Å². The number of hydrogen-bond donors (Lipinski definition) is 2. The molecule has 1 heterocycles. The molecule has 3 rings (SSSR count). The van der Waals surface area contributed by atoms with Gasteiger partial charge in [-0.3, -0.25) is 0 Å². The largest absolute Gasteiger partial charge is 0.380 e. The molecule has 1 atom stereocenters. The Hall–Kier alpha value is -3.19. The van der Waals surface area contributed by atoms with Crippen molar-refractivity contribution in [1.82, 2.24) is 20.4 Å². The standard InChI is InChI=1S/C22H25FN4O2/c1-15(21-13-25-27(16(21)2)20-10-8-19(23)9-11-20)26-22(28)24-12-17-6-4-5-7-18(17)14-29-3/h4-11,13,15H,12,14H2,1-3H3,(H2,24,26,28). The van der Waals surface area contributed by atoms with Crippen LogP contribution in [0.4, 0.5) is 9.18 Å². The van der Waals surface area contributed by atoms with Crippen molar-refractivity contribution in [3.8, 4) is 5.69 Å². The lowest BCUT2D eigenvalue weighted by molar-refractivity contribution is 0.184. The van der Waals surface area contributed by atoms with Crippen molar-refractivity contribution in [2.24, 2.45) is 0 Å². The minimum atomic E-state index is -0.294. The number of carbonyl (C=O) groups is 1. The monoisotopic (exact) mass is 396 g/mol. The molecule has 1 unspecified atom stereocenters. The van der Waals surface area contributed by atoms with Crippen molar-refractivity contribution in [1.29, 1.82) is 0 Å². The molecule has 0 spiro atoms. The molecular formula is C22H25FN4O2. The number of methoxy groups -OCH3 is 1. The molecule has 1 aromatic heterocycles. The Kier molecular flexibility index (Phi) is 6.61. The third-order valence-corrected chi connectivity index (χ3v) is 4.79. The quantitative estimate of drug-likeness (QED) is 0.634. The summed E-state index contributed by atoms with van der Waals surface area (Å²) in [5.74, 6) is -0.294. The molecule has 0 saturated carbocycles. The molecule has 7 heteroatoms. The number of nitrogens with zero attached hydrogens (tertiary/aromatic N) is 2. The highest BCUT2D eigenvalue weighted by Crippen LogP contribution is 2.20. The first-order chi connectivity index (χ1) is 14.0. The summed E-state index contributed by atoms with van der Waals surface area (Å²) in [6, 6.07) is 13.5. The van der Waals surface area contributed by atoms with Gasteiger partial charge in [0.1, 0.15) is 5.82 Å². The minimum Gasteiger partial charge on any atom is -0.380 e. The Labute approximate surface area is 169 Å². The summed E-state index contributed by atoms with van der Waals surface area (Å²) in [4.78, 5) is 12.4. The molecule has 0 saturated heterocycles. The van der Waals surface area contributed by atoms with E-state index in [4.69, 9.17) is 4.74 Å². The van der Waals surface area contributed by atoms with E-state index in [-0.39, 0.29) is 17.9 Å². The van der Waals surface area contributed by atoms with Crippen LogP contribution in [0.5, 0.6) is 0 Å². The maximum absolute atomic E-state index is 13.2. The van der Waals surface area contributed by atoms with Gasteiger partial charge in [0.25, 0.3) is 0 Å². The molecule has 152 valence electrons. The van der Waals surface area contributed by atoms with Gasteiger partial charge in [-0.1, -0.05) is 24.3 Å². The summed E-state index contributed by atoms with van der Waals surface area (Å²) in [5.41, 5.74) is 4.60. The molecule has 0 aliphatic rings. The molecular weight excluding hydrogens is 371 g/mol. The van der Waals surface area contributed by atoms with Crippen LogP contribution in [0.1, 0.15) is 35.3 Å². The normalized spacial score (nSPS) is 11.9. The van der Waals surface area contributed by atoms with Gasteiger partial charge in [-0.05, 0) is 49.2 Å². The van der Waals surface area contributed by atoms with Gasteiger partial charge in [-0.25, -0.2) is 13.9 Å². The predicted molar refractivity (Wildman–Crippen MR) is 109 cm³/mol. The fraction of sp³-hybridized carbons (Fsp3) is 0.273. The van der Waals surface area contributed by atoms with Crippen LogP contribution < -0.4 is 10.6 Å². The first-order valence-electron chi connectivity index (χ1n) is 9.40. The number of halogens is 1. The lowest BCUT2D eigenvalue weighted by atomic mass is 10.1. The van der Waals surface area contributed by atoms with E-state index in [2.05, 4.69) is 15.7 Å². The molecule has 6 nitrogen and oxygen atoms in total. The molecule has 2 amide bonds. The third kappa shape index (κ3) is 5.00. The second-order valence-electron chi connectivity index (χ2n) is 6.82. The van der Waals surface area contributed by atoms with Crippen LogP contribution in [0.3, 0.4) is 0 Å². The zero-order chi connectivity index (χ0) is 20.8. The Morgan fingerprint density at radius 3 is 2.55 bits per heavy atom. The van der Waals surface area contributed by atoms with Crippen LogP contribution in [0, 0.1) is 12.7 Å². The van der Waals surface area contributed by atoms with Crippen LogP contribution in [-0.2, 0) is 17.9 Å². The van der Waals surface area contributed by atoms with Crippen molar-refractivity contribution in [2.45, 2.75) is 33.0 Å². The second-order valence-corrected chi connectivity index (χ2v) is 6.82. The molecule has 2 aromatic carbocycles. The number of rotatable bonds is 7. The molecule has 0 aliphatic carbocycles. The van der Waals surface area contributed by atoms with E-state index < -0.39 is 0 Å². The van der Waals surface area contributed by atoms with Crippen LogP contribution in [0.15, 0.2) is 54.7 Å². The first kappa shape index (κ1) is 20.5. The van der Waals surface area contributed by atoms with Crippen LogP contribution in [0.25, 0.3) is 5.69 Å². The number of urea groups is 1. The molecule has 0 fully saturated rings. The Bertz CT molecular complexity index is 969. The van der Waals surface area contributed by atoms with Crippen molar-refractivity contribution >= 4 is 6.03 Å². The number of amides is 2. The van der Waals surface area contributed by atoms with Crippen molar-refractivity contribution in [2.75, 3.05) is 7.11 Å². The molecule has 0 aliphatic heterocycles. The van der Waals surface area contributed by atoms with E-state index in [1.807, 2.05) is 38.1 Å². The fourth-order valence-electron chi connectivity index (χ4n) is 3.22. The van der Waals surface area contributed by atoms with E-state index in [1.54, 1.807) is 30.1 Å². The molecule has 29 heavy (non-hydrogen) atoms. The first-order valence-corrected chi connectivity index (χ1v) is 9.40. The highest BCUT2D eigenvalue weighted by Gasteiger charge is 2.16. The van der Waals surface area contributed by atoms with Gasteiger partial charge in [-0.15, -0.1) is 0 Å². The van der Waals surface area contributed by atoms with Crippen molar-refractivity contribution in [3.05, 3.63) is 82.9 Å². The predicted octanol–water partition coefficient (Wildman–Crippen LogP) is 4.03. The van der Waals surface area contributed by atoms with E-state index >= 15 is 0 Å². The van der Waals surface area contributed by atoms with Gasteiger partial charge < -0.3 is 15.4 Å². The molecule has 0 bridgehead atoms. The minimum absolute atomic E-state index is 0.238. The number of benzene rings is 2. The van der Waals surface area contributed by atoms with Crippen LogP contribution in [-0.4, -0.2) is 22.9 Å². The van der Waals surface area contributed by atoms with Gasteiger partial charge in [0.2, 0.25) is 0 Å².